The summed E-state index contributed by atoms with van der Waals surface area (Å²) in [6.07, 6.45) is 1.96. The Bertz CT molecular complexity index is 726. The SMILES string of the molecule is COc1cc(Cc2cnc(N)nc2N)cc(OC)c1OCC(=O)O. The Balaban J connectivity index is 2.35. The number of nitrogen functional groups attached to an aromatic ring is 2. The number of carboxylic acid groups (broad SMARTS) is 1. The van der Waals surface area contributed by atoms with Gasteiger partial charge in [0.2, 0.25) is 11.7 Å². The second kappa shape index (κ2) is 7.36. The molecule has 0 atom stereocenters. The van der Waals surface area contributed by atoms with Crippen molar-refractivity contribution in [2.24, 2.45) is 0 Å². The Kier molecular flexibility index (Phi) is 5.25. The monoisotopic (exact) mass is 334 g/mol. The molecule has 128 valence electrons. The third kappa shape index (κ3) is 3.94. The van der Waals surface area contributed by atoms with E-state index in [1.165, 1.54) is 14.2 Å². The van der Waals surface area contributed by atoms with Gasteiger partial charge in [0.25, 0.3) is 0 Å². The van der Waals surface area contributed by atoms with Crippen molar-refractivity contribution in [1.29, 1.82) is 0 Å². The molecule has 1 heterocycles. The standard InChI is InChI=1S/C15H18N4O5/c1-22-10-4-8(3-9-6-18-15(17)19-14(9)16)5-11(23-2)13(10)24-7-12(20)21/h4-6H,3,7H2,1-2H3,(H,20,21)(H4,16,17,18,19). The lowest BCUT2D eigenvalue weighted by molar-refractivity contribution is -0.139. The summed E-state index contributed by atoms with van der Waals surface area (Å²) in [4.78, 5) is 18.5. The molecule has 2 aromatic rings. The molecule has 1 aromatic heterocycles. The van der Waals surface area contributed by atoms with E-state index in [2.05, 4.69) is 9.97 Å². The van der Waals surface area contributed by atoms with Crippen LogP contribution in [0.25, 0.3) is 0 Å². The summed E-state index contributed by atoms with van der Waals surface area (Å²) in [6.45, 7) is -0.509. The van der Waals surface area contributed by atoms with Gasteiger partial charge in [-0.15, -0.1) is 0 Å². The average molecular weight is 334 g/mol. The van der Waals surface area contributed by atoms with E-state index in [0.29, 0.717) is 23.5 Å². The fourth-order valence-electron chi connectivity index (χ4n) is 2.10. The van der Waals surface area contributed by atoms with E-state index in [1.807, 2.05) is 0 Å². The number of carbonyl (C=O) groups is 1. The van der Waals surface area contributed by atoms with Crippen molar-refractivity contribution in [3.8, 4) is 17.2 Å². The Morgan fingerprint density at radius 2 is 1.83 bits per heavy atom. The maximum atomic E-state index is 10.7. The van der Waals surface area contributed by atoms with Crippen molar-refractivity contribution in [2.75, 3.05) is 32.3 Å². The fraction of sp³-hybridized carbons (Fsp3) is 0.267. The molecule has 0 spiro atoms. The maximum Gasteiger partial charge on any atom is 0.341 e. The molecule has 9 nitrogen and oxygen atoms in total. The molecule has 0 aliphatic heterocycles. The van der Waals surface area contributed by atoms with E-state index in [9.17, 15) is 4.79 Å². The summed E-state index contributed by atoms with van der Waals surface area (Å²) in [5.41, 5.74) is 12.8. The molecule has 24 heavy (non-hydrogen) atoms. The van der Waals surface area contributed by atoms with Crippen molar-refractivity contribution >= 4 is 17.7 Å². The van der Waals surface area contributed by atoms with Crippen LogP contribution in [0.4, 0.5) is 11.8 Å². The lowest BCUT2D eigenvalue weighted by Gasteiger charge is -2.15. The first-order chi connectivity index (χ1) is 11.4. The van der Waals surface area contributed by atoms with Crippen LogP contribution in [-0.2, 0) is 11.2 Å². The van der Waals surface area contributed by atoms with Gasteiger partial charge >= 0.3 is 5.97 Å². The maximum absolute atomic E-state index is 10.7. The first-order valence-electron chi connectivity index (χ1n) is 6.91. The number of aliphatic carboxylic acids is 1. The summed E-state index contributed by atoms with van der Waals surface area (Å²) in [5, 5.41) is 8.76. The molecule has 1 aromatic carbocycles. The van der Waals surface area contributed by atoms with Crippen LogP contribution in [0.15, 0.2) is 18.3 Å². The second-order valence-electron chi connectivity index (χ2n) is 4.83. The summed E-state index contributed by atoms with van der Waals surface area (Å²) >= 11 is 0. The molecule has 0 amide bonds. The minimum absolute atomic E-state index is 0.101. The van der Waals surface area contributed by atoms with Gasteiger partial charge in [-0.2, -0.15) is 4.98 Å². The van der Waals surface area contributed by atoms with Gasteiger partial charge in [0.15, 0.2) is 18.1 Å². The fourth-order valence-corrected chi connectivity index (χ4v) is 2.10. The zero-order valence-corrected chi connectivity index (χ0v) is 13.3. The quantitative estimate of drug-likeness (QED) is 0.667. The van der Waals surface area contributed by atoms with Crippen LogP contribution in [-0.4, -0.2) is 41.9 Å². The van der Waals surface area contributed by atoms with E-state index >= 15 is 0 Å². The van der Waals surface area contributed by atoms with Gasteiger partial charge in [0, 0.05) is 18.2 Å². The van der Waals surface area contributed by atoms with Gasteiger partial charge < -0.3 is 30.8 Å². The van der Waals surface area contributed by atoms with E-state index < -0.39 is 12.6 Å². The molecule has 5 N–H and O–H groups in total. The number of ether oxygens (including phenoxy) is 3. The Hall–Kier alpha value is -3.23. The third-order valence-corrected chi connectivity index (χ3v) is 3.17. The molecule has 0 radical (unpaired) electrons. The predicted octanol–water partition coefficient (Wildman–Crippen LogP) is 0.712. The van der Waals surface area contributed by atoms with E-state index in [1.54, 1.807) is 18.3 Å². The normalized spacial score (nSPS) is 10.2. The molecule has 0 saturated carbocycles. The second-order valence-corrected chi connectivity index (χ2v) is 4.83. The molecule has 0 unspecified atom stereocenters. The molecular formula is C15H18N4O5. The van der Waals surface area contributed by atoms with Crippen LogP contribution in [0.2, 0.25) is 0 Å². The highest BCUT2D eigenvalue weighted by atomic mass is 16.5. The topological polar surface area (TPSA) is 143 Å². The zero-order valence-electron chi connectivity index (χ0n) is 13.3. The Labute approximate surface area is 138 Å². The van der Waals surface area contributed by atoms with Crippen LogP contribution in [0, 0.1) is 0 Å². The number of aromatic nitrogens is 2. The van der Waals surface area contributed by atoms with Crippen molar-refractivity contribution in [1.82, 2.24) is 9.97 Å². The van der Waals surface area contributed by atoms with Crippen LogP contribution < -0.4 is 25.7 Å². The number of benzene rings is 1. The smallest absolute Gasteiger partial charge is 0.341 e. The largest absolute Gasteiger partial charge is 0.493 e. The number of methoxy groups -OCH3 is 2. The summed E-state index contributed by atoms with van der Waals surface area (Å²) in [5.74, 6) is 0.194. The van der Waals surface area contributed by atoms with Gasteiger partial charge in [-0.25, -0.2) is 9.78 Å². The molecule has 0 aliphatic carbocycles. The summed E-state index contributed by atoms with van der Waals surface area (Å²) in [7, 11) is 2.90. The van der Waals surface area contributed by atoms with Gasteiger partial charge in [-0.1, -0.05) is 0 Å². The van der Waals surface area contributed by atoms with Crippen molar-refractivity contribution in [3.05, 3.63) is 29.5 Å². The van der Waals surface area contributed by atoms with E-state index in [0.717, 1.165) is 5.56 Å². The average Bonchev–Trinajstić information content (AvgIpc) is 2.55. The zero-order chi connectivity index (χ0) is 17.7. The minimum Gasteiger partial charge on any atom is -0.493 e. The minimum atomic E-state index is -1.10. The number of anilines is 2. The van der Waals surface area contributed by atoms with Gasteiger partial charge in [0.05, 0.1) is 14.2 Å². The highest BCUT2D eigenvalue weighted by Gasteiger charge is 2.16. The first kappa shape index (κ1) is 17.1. The molecule has 0 saturated heterocycles. The number of rotatable bonds is 7. The van der Waals surface area contributed by atoms with Crippen molar-refractivity contribution in [3.63, 3.8) is 0 Å². The van der Waals surface area contributed by atoms with Crippen LogP contribution in [0.3, 0.4) is 0 Å². The highest BCUT2D eigenvalue weighted by molar-refractivity contribution is 5.69. The lowest BCUT2D eigenvalue weighted by atomic mass is 10.1. The van der Waals surface area contributed by atoms with Crippen LogP contribution in [0.5, 0.6) is 17.2 Å². The molecule has 9 heteroatoms. The number of nitrogens with two attached hydrogens (primary N) is 2. The van der Waals surface area contributed by atoms with E-state index in [-0.39, 0.29) is 17.5 Å². The van der Waals surface area contributed by atoms with Crippen LogP contribution in [0.1, 0.15) is 11.1 Å². The highest BCUT2D eigenvalue weighted by Crippen LogP contribution is 2.39. The van der Waals surface area contributed by atoms with E-state index in [4.69, 9.17) is 30.8 Å². The van der Waals surface area contributed by atoms with Crippen molar-refractivity contribution in [2.45, 2.75) is 6.42 Å². The number of nitrogens with zero attached hydrogens (tertiary/aromatic N) is 2. The Morgan fingerprint density at radius 3 is 2.33 bits per heavy atom. The number of carboxylic acids is 1. The summed E-state index contributed by atoms with van der Waals surface area (Å²) < 4.78 is 15.8. The molecule has 0 bridgehead atoms. The number of hydrogen-bond acceptors (Lipinski definition) is 8. The molecule has 0 aliphatic rings. The summed E-state index contributed by atoms with van der Waals surface area (Å²) in [6, 6.07) is 3.41. The predicted molar refractivity (Wildman–Crippen MR) is 86.3 cm³/mol. The van der Waals surface area contributed by atoms with Crippen molar-refractivity contribution < 1.29 is 24.1 Å². The molecular weight excluding hydrogens is 316 g/mol. The third-order valence-electron chi connectivity index (χ3n) is 3.17. The van der Waals surface area contributed by atoms with Gasteiger partial charge in [0.1, 0.15) is 5.82 Å². The Morgan fingerprint density at radius 1 is 1.21 bits per heavy atom. The lowest BCUT2D eigenvalue weighted by Crippen LogP contribution is -2.11. The molecule has 2 rings (SSSR count). The van der Waals surface area contributed by atoms with Gasteiger partial charge in [-0.3, -0.25) is 0 Å². The number of hydrogen-bond donors (Lipinski definition) is 3. The van der Waals surface area contributed by atoms with Crippen LogP contribution >= 0.6 is 0 Å². The first-order valence-corrected chi connectivity index (χ1v) is 6.91. The van der Waals surface area contributed by atoms with Gasteiger partial charge in [-0.05, 0) is 17.7 Å². The molecule has 0 fully saturated rings.